The number of hydrogen-bond donors (Lipinski definition) is 1. The van der Waals surface area contributed by atoms with E-state index in [-0.39, 0.29) is 27.0 Å². The Labute approximate surface area is 190 Å². The Hall–Kier alpha value is -1.52. The van der Waals surface area contributed by atoms with Gasteiger partial charge in [0.15, 0.2) is 9.84 Å². The Morgan fingerprint density at radius 3 is 2.13 bits per heavy atom. The molecule has 0 aliphatic heterocycles. The van der Waals surface area contributed by atoms with Crippen molar-refractivity contribution in [3.63, 3.8) is 0 Å². The molecule has 0 radical (unpaired) electrons. The van der Waals surface area contributed by atoms with Crippen molar-refractivity contribution in [2.45, 2.75) is 24.3 Å². The molecule has 0 aliphatic rings. The minimum atomic E-state index is -4.18. The molecular formula is C18H18Cl3NO6S2. The zero-order valence-corrected chi connectivity index (χ0v) is 19.5. The average Bonchev–Trinajstić information content (AvgIpc) is 2.62. The van der Waals surface area contributed by atoms with E-state index in [4.69, 9.17) is 39.9 Å². The predicted molar refractivity (Wildman–Crippen MR) is 118 cm³/mol. The largest absolute Gasteiger partial charge is 0.480 e. The van der Waals surface area contributed by atoms with E-state index in [0.717, 1.165) is 4.31 Å². The highest BCUT2D eigenvalue weighted by Crippen LogP contribution is 2.35. The van der Waals surface area contributed by atoms with Crippen molar-refractivity contribution in [3.8, 4) is 0 Å². The first-order valence-electron chi connectivity index (χ1n) is 8.51. The van der Waals surface area contributed by atoms with Crippen molar-refractivity contribution in [1.82, 2.24) is 0 Å². The topological polar surface area (TPSA) is 109 Å². The summed E-state index contributed by atoms with van der Waals surface area (Å²) in [6.07, 6.45) is -0.161. The number of halogens is 3. The van der Waals surface area contributed by atoms with E-state index in [2.05, 4.69) is 0 Å². The molecule has 7 nitrogen and oxygen atoms in total. The van der Waals surface area contributed by atoms with Crippen LogP contribution >= 0.6 is 34.8 Å². The molecule has 164 valence electrons. The van der Waals surface area contributed by atoms with Crippen LogP contribution in [0.4, 0.5) is 5.69 Å². The first kappa shape index (κ1) is 24.7. The Kier molecular flexibility index (Phi) is 8.03. The van der Waals surface area contributed by atoms with Crippen LogP contribution < -0.4 is 4.31 Å². The number of carbonyl (C=O) groups is 1. The van der Waals surface area contributed by atoms with Gasteiger partial charge in [0, 0.05) is 16.1 Å². The lowest BCUT2D eigenvalue weighted by atomic mass is 10.2. The van der Waals surface area contributed by atoms with Crippen LogP contribution in [0.15, 0.2) is 47.4 Å². The number of benzene rings is 2. The van der Waals surface area contributed by atoms with Crippen LogP contribution in [0.5, 0.6) is 0 Å². The molecule has 1 N–H and O–H groups in total. The molecule has 1 unspecified atom stereocenters. The summed E-state index contributed by atoms with van der Waals surface area (Å²) >= 11 is 18.1. The van der Waals surface area contributed by atoms with Gasteiger partial charge in [-0.15, -0.1) is 0 Å². The number of carboxylic acids is 1. The molecule has 0 fully saturated rings. The van der Waals surface area contributed by atoms with Gasteiger partial charge in [-0.1, -0.05) is 34.8 Å². The van der Waals surface area contributed by atoms with E-state index in [1.165, 1.54) is 49.4 Å². The van der Waals surface area contributed by atoms with E-state index in [9.17, 15) is 21.6 Å². The second-order valence-electron chi connectivity index (χ2n) is 6.47. The molecule has 2 rings (SSSR count). The third-order valence-electron chi connectivity index (χ3n) is 4.11. The number of carboxylic acid groups (broad SMARTS) is 1. The molecule has 0 saturated carbocycles. The first-order chi connectivity index (χ1) is 13.8. The van der Waals surface area contributed by atoms with Gasteiger partial charge in [0.1, 0.15) is 5.75 Å². The van der Waals surface area contributed by atoms with E-state index < -0.39 is 43.4 Å². The first-order valence-corrected chi connectivity index (χ1v) is 12.9. The van der Waals surface area contributed by atoms with Gasteiger partial charge in [-0.05, 0) is 55.8 Å². The summed E-state index contributed by atoms with van der Waals surface area (Å²) < 4.78 is 51.7. The molecule has 2 aromatic rings. The highest BCUT2D eigenvalue weighted by Gasteiger charge is 2.32. The second-order valence-corrected chi connectivity index (χ2v) is 11.8. The molecule has 0 aliphatic carbocycles. The van der Waals surface area contributed by atoms with Gasteiger partial charge in [0.05, 0.1) is 21.4 Å². The number of anilines is 1. The molecule has 30 heavy (non-hydrogen) atoms. The van der Waals surface area contributed by atoms with Crippen molar-refractivity contribution in [3.05, 3.63) is 57.5 Å². The number of rotatable bonds is 9. The molecule has 0 amide bonds. The maximum atomic E-state index is 13.4. The van der Waals surface area contributed by atoms with Gasteiger partial charge < -0.3 is 5.11 Å². The van der Waals surface area contributed by atoms with Crippen molar-refractivity contribution < 1.29 is 26.7 Å². The van der Waals surface area contributed by atoms with Gasteiger partial charge in [-0.3, -0.25) is 9.10 Å². The van der Waals surface area contributed by atoms with Crippen LogP contribution in [-0.4, -0.2) is 45.5 Å². The molecule has 2 aromatic carbocycles. The van der Waals surface area contributed by atoms with Crippen molar-refractivity contribution in [2.75, 3.05) is 15.8 Å². The smallest absolute Gasteiger partial charge is 0.318 e. The lowest BCUT2D eigenvalue weighted by molar-refractivity contribution is -0.134. The number of hydrogen-bond acceptors (Lipinski definition) is 5. The number of sulfone groups is 1. The zero-order chi connectivity index (χ0) is 22.7. The molecular weight excluding hydrogens is 497 g/mol. The van der Waals surface area contributed by atoms with E-state index >= 15 is 0 Å². The van der Waals surface area contributed by atoms with Crippen LogP contribution in [0, 0.1) is 0 Å². The van der Waals surface area contributed by atoms with E-state index in [1.807, 2.05) is 0 Å². The van der Waals surface area contributed by atoms with Crippen LogP contribution in [-0.2, 0) is 24.7 Å². The number of sulfonamides is 1. The Morgan fingerprint density at radius 2 is 1.57 bits per heavy atom. The summed E-state index contributed by atoms with van der Waals surface area (Å²) in [7, 11) is -8.10. The lowest BCUT2D eigenvalue weighted by Crippen LogP contribution is -2.40. The van der Waals surface area contributed by atoms with Crippen molar-refractivity contribution in [2.24, 2.45) is 0 Å². The molecule has 0 heterocycles. The van der Waals surface area contributed by atoms with Gasteiger partial charge >= 0.3 is 5.97 Å². The van der Waals surface area contributed by atoms with E-state index in [0.29, 0.717) is 5.02 Å². The summed E-state index contributed by atoms with van der Waals surface area (Å²) in [6, 6.07) is 8.85. The minimum absolute atomic E-state index is 0.0715. The predicted octanol–water partition coefficient (Wildman–Crippen LogP) is 4.12. The second kappa shape index (κ2) is 9.74. The molecule has 1 atom stereocenters. The zero-order valence-electron chi connectivity index (χ0n) is 15.6. The summed E-state index contributed by atoms with van der Waals surface area (Å²) in [5.41, 5.74) is 0.0715. The standard InChI is InChI=1S/C18H18Cl3NO6S2/c1-12(8-9-29(25,26)11-18(23)24)22(17-10-14(20)4-7-16(17)21)30(27,28)15-5-2-13(19)3-6-15/h2-7,10,12H,8-9,11H2,1H3,(H,23,24). The normalized spacial score (nSPS) is 13.1. The molecule has 0 saturated heterocycles. The van der Waals surface area contributed by atoms with Gasteiger partial charge in [-0.25, -0.2) is 16.8 Å². The quantitative estimate of drug-likeness (QED) is 0.539. The maximum absolute atomic E-state index is 13.4. The third-order valence-corrected chi connectivity index (χ3v) is 8.40. The Balaban J connectivity index is 2.50. The number of aliphatic carboxylic acids is 1. The van der Waals surface area contributed by atoms with Crippen LogP contribution in [0.25, 0.3) is 0 Å². The fraction of sp³-hybridized carbons (Fsp3) is 0.278. The van der Waals surface area contributed by atoms with Gasteiger partial charge in [0.25, 0.3) is 10.0 Å². The molecule has 0 spiro atoms. The maximum Gasteiger partial charge on any atom is 0.318 e. The Morgan fingerprint density at radius 1 is 1.00 bits per heavy atom. The summed E-state index contributed by atoms with van der Waals surface area (Å²) in [4.78, 5) is 10.7. The van der Waals surface area contributed by atoms with Gasteiger partial charge in [-0.2, -0.15) is 0 Å². The van der Waals surface area contributed by atoms with Crippen LogP contribution in [0.3, 0.4) is 0 Å². The SMILES string of the molecule is CC(CCS(=O)(=O)CC(=O)O)N(c1cc(Cl)ccc1Cl)S(=O)(=O)c1ccc(Cl)cc1. The summed E-state index contributed by atoms with van der Waals surface area (Å²) in [5.74, 6) is -3.04. The lowest BCUT2D eigenvalue weighted by Gasteiger charge is -2.31. The van der Waals surface area contributed by atoms with Crippen LogP contribution in [0.2, 0.25) is 15.1 Å². The summed E-state index contributed by atoms with van der Waals surface area (Å²) in [6.45, 7) is 1.50. The molecule has 0 aromatic heterocycles. The number of nitrogens with zero attached hydrogens (tertiary/aromatic N) is 1. The highest BCUT2D eigenvalue weighted by atomic mass is 35.5. The monoisotopic (exact) mass is 513 g/mol. The van der Waals surface area contributed by atoms with Crippen molar-refractivity contribution >= 4 is 66.3 Å². The van der Waals surface area contributed by atoms with Crippen molar-refractivity contribution in [1.29, 1.82) is 0 Å². The fourth-order valence-electron chi connectivity index (χ4n) is 2.71. The fourth-order valence-corrected chi connectivity index (χ4v) is 6.17. The summed E-state index contributed by atoms with van der Waals surface area (Å²) in [5, 5.41) is 9.41. The highest BCUT2D eigenvalue weighted by molar-refractivity contribution is 7.93. The Bertz CT molecular complexity index is 1140. The third kappa shape index (κ3) is 6.24. The average molecular weight is 515 g/mol. The molecule has 12 heteroatoms. The van der Waals surface area contributed by atoms with Crippen LogP contribution in [0.1, 0.15) is 13.3 Å². The van der Waals surface area contributed by atoms with E-state index in [1.54, 1.807) is 0 Å². The molecule has 0 bridgehead atoms. The van der Waals surface area contributed by atoms with Gasteiger partial charge in [0.2, 0.25) is 0 Å². The minimum Gasteiger partial charge on any atom is -0.480 e.